The minimum atomic E-state index is -0.513. The molecule has 2 unspecified atom stereocenters. The number of carbonyl (C=O) groups excluding carboxylic acids is 2. The molecule has 1 amide bonds. The third kappa shape index (κ3) is 5.07. The molecule has 5 rings (SSSR count). The molecular weight excluding hydrogens is 446 g/mol. The van der Waals surface area contributed by atoms with Gasteiger partial charge in [-0.3, -0.25) is 14.6 Å². The van der Waals surface area contributed by atoms with Crippen LogP contribution in [0.2, 0.25) is 0 Å². The SMILES string of the molecule is Cc1cc(C)cc(C(=O)N2CCC(NCc3ccnc4ccccc34)CC2C(=O)c2ccccc2)c1. The molecule has 1 aromatic heterocycles. The van der Waals surface area contributed by atoms with Crippen LogP contribution in [0.5, 0.6) is 0 Å². The maximum absolute atomic E-state index is 13.6. The van der Waals surface area contributed by atoms with E-state index in [0.717, 1.165) is 28.5 Å². The van der Waals surface area contributed by atoms with Crippen LogP contribution >= 0.6 is 0 Å². The summed E-state index contributed by atoms with van der Waals surface area (Å²) in [5.74, 6) is -0.0798. The summed E-state index contributed by atoms with van der Waals surface area (Å²) in [6, 6.07) is 25.0. The van der Waals surface area contributed by atoms with Gasteiger partial charge >= 0.3 is 0 Å². The number of piperidine rings is 1. The summed E-state index contributed by atoms with van der Waals surface area (Å²) in [4.78, 5) is 33.5. The molecule has 2 atom stereocenters. The smallest absolute Gasteiger partial charge is 0.254 e. The topological polar surface area (TPSA) is 62.3 Å². The zero-order chi connectivity index (χ0) is 25.1. The Hall–Kier alpha value is -3.83. The molecule has 1 saturated heterocycles. The summed E-state index contributed by atoms with van der Waals surface area (Å²) in [5, 5.41) is 4.80. The van der Waals surface area contributed by atoms with Crippen LogP contribution in [-0.2, 0) is 6.54 Å². The van der Waals surface area contributed by atoms with Gasteiger partial charge in [0.1, 0.15) is 0 Å². The first-order chi connectivity index (χ1) is 17.5. The Kier molecular flexibility index (Phi) is 6.92. The third-order valence-corrected chi connectivity index (χ3v) is 7.01. The van der Waals surface area contributed by atoms with Crippen LogP contribution in [-0.4, -0.2) is 40.2 Å². The quantitative estimate of drug-likeness (QED) is 0.373. The van der Waals surface area contributed by atoms with Crippen molar-refractivity contribution in [1.29, 1.82) is 0 Å². The molecule has 5 heteroatoms. The second-order valence-corrected chi connectivity index (χ2v) is 9.71. The molecule has 0 saturated carbocycles. The number of nitrogens with one attached hydrogen (secondary N) is 1. The Balaban J connectivity index is 1.38. The summed E-state index contributed by atoms with van der Waals surface area (Å²) < 4.78 is 0. The molecule has 0 spiro atoms. The average Bonchev–Trinajstić information content (AvgIpc) is 2.91. The first-order valence-corrected chi connectivity index (χ1v) is 12.5. The van der Waals surface area contributed by atoms with E-state index in [1.165, 1.54) is 5.56 Å². The number of ketones is 1. The monoisotopic (exact) mass is 477 g/mol. The fourth-order valence-electron chi connectivity index (χ4n) is 5.26. The Morgan fingerprint density at radius 1 is 0.917 bits per heavy atom. The summed E-state index contributed by atoms with van der Waals surface area (Å²) in [6.07, 6.45) is 3.21. The number of para-hydroxylation sites is 1. The van der Waals surface area contributed by atoms with Crippen molar-refractivity contribution in [3.8, 4) is 0 Å². The molecular formula is C31H31N3O2. The molecule has 3 aromatic carbocycles. The minimum absolute atomic E-state index is 0.00538. The van der Waals surface area contributed by atoms with Gasteiger partial charge in [0.2, 0.25) is 0 Å². The number of amides is 1. The van der Waals surface area contributed by atoms with Crippen LogP contribution in [0.15, 0.2) is 85.1 Å². The number of hydrogen-bond donors (Lipinski definition) is 1. The number of fused-ring (bicyclic) bond motifs is 1. The molecule has 0 radical (unpaired) electrons. The molecule has 36 heavy (non-hydrogen) atoms. The molecule has 182 valence electrons. The van der Waals surface area contributed by atoms with Gasteiger partial charge in [-0.1, -0.05) is 65.7 Å². The Morgan fingerprint density at radius 3 is 2.42 bits per heavy atom. The Labute approximate surface area is 212 Å². The Bertz CT molecular complexity index is 1370. The predicted octanol–water partition coefficient (Wildman–Crippen LogP) is 5.50. The molecule has 1 N–H and O–H groups in total. The van der Waals surface area contributed by atoms with Crippen molar-refractivity contribution in [2.75, 3.05) is 6.54 Å². The summed E-state index contributed by atoms with van der Waals surface area (Å²) >= 11 is 0. The Morgan fingerprint density at radius 2 is 1.64 bits per heavy atom. The lowest BCUT2D eigenvalue weighted by molar-refractivity contribution is 0.0513. The molecule has 1 fully saturated rings. The van der Waals surface area contributed by atoms with Crippen LogP contribution < -0.4 is 5.32 Å². The first kappa shape index (κ1) is 23.9. The number of rotatable bonds is 6. The van der Waals surface area contributed by atoms with E-state index in [1.54, 1.807) is 4.90 Å². The van der Waals surface area contributed by atoms with Crippen molar-refractivity contribution in [2.24, 2.45) is 0 Å². The first-order valence-electron chi connectivity index (χ1n) is 12.5. The van der Waals surface area contributed by atoms with Crippen molar-refractivity contribution in [1.82, 2.24) is 15.2 Å². The molecule has 2 heterocycles. The number of carbonyl (C=O) groups is 2. The van der Waals surface area contributed by atoms with Crippen LogP contribution in [0, 0.1) is 13.8 Å². The van der Waals surface area contributed by atoms with Crippen molar-refractivity contribution < 1.29 is 9.59 Å². The van der Waals surface area contributed by atoms with E-state index in [-0.39, 0.29) is 17.7 Å². The van der Waals surface area contributed by atoms with Gasteiger partial charge in [-0.2, -0.15) is 0 Å². The predicted molar refractivity (Wildman–Crippen MR) is 143 cm³/mol. The van der Waals surface area contributed by atoms with Gasteiger partial charge in [0, 0.05) is 41.8 Å². The van der Waals surface area contributed by atoms with E-state index in [1.807, 2.05) is 86.8 Å². The lowest BCUT2D eigenvalue weighted by Gasteiger charge is -2.39. The summed E-state index contributed by atoms with van der Waals surface area (Å²) in [6.45, 7) is 5.21. The number of pyridine rings is 1. The lowest BCUT2D eigenvalue weighted by Crippen LogP contribution is -2.54. The maximum Gasteiger partial charge on any atom is 0.254 e. The fourth-order valence-corrected chi connectivity index (χ4v) is 5.26. The highest BCUT2D eigenvalue weighted by molar-refractivity contribution is 6.04. The second-order valence-electron chi connectivity index (χ2n) is 9.71. The van der Waals surface area contributed by atoms with Gasteiger partial charge < -0.3 is 10.2 Å². The molecule has 1 aliphatic heterocycles. The largest absolute Gasteiger partial charge is 0.328 e. The molecule has 5 nitrogen and oxygen atoms in total. The van der Waals surface area contributed by atoms with Crippen molar-refractivity contribution >= 4 is 22.6 Å². The zero-order valence-corrected chi connectivity index (χ0v) is 20.8. The van der Waals surface area contributed by atoms with Crippen molar-refractivity contribution in [3.63, 3.8) is 0 Å². The third-order valence-electron chi connectivity index (χ3n) is 7.01. The maximum atomic E-state index is 13.6. The summed E-state index contributed by atoms with van der Waals surface area (Å²) in [5.41, 5.74) is 5.54. The number of likely N-dealkylation sites (tertiary alicyclic amines) is 1. The van der Waals surface area contributed by atoms with E-state index in [0.29, 0.717) is 30.6 Å². The van der Waals surface area contributed by atoms with Crippen LogP contribution in [0.3, 0.4) is 0 Å². The van der Waals surface area contributed by atoms with Gasteiger partial charge in [0.25, 0.3) is 5.91 Å². The normalized spacial score (nSPS) is 17.8. The highest BCUT2D eigenvalue weighted by Gasteiger charge is 2.37. The minimum Gasteiger partial charge on any atom is -0.328 e. The number of aryl methyl sites for hydroxylation is 2. The van der Waals surface area contributed by atoms with Gasteiger partial charge in [0.15, 0.2) is 5.78 Å². The number of aromatic nitrogens is 1. The van der Waals surface area contributed by atoms with Crippen molar-refractivity contribution in [2.45, 2.75) is 45.3 Å². The van der Waals surface area contributed by atoms with Gasteiger partial charge in [-0.05, 0) is 56.5 Å². The van der Waals surface area contributed by atoms with E-state index >= 15 is 0 Å². The van der Waals surface area contributed by atoms with Gasteiger partial charge in [0.05, 0.1) is 11.6 Å². The van der Waals surface area contributed by atoms with Gasteiger partial charge in [-0.25, -0.2) is 0 Å². The van der Waals surface area contributed by atoms with Crippen molar-refractivity contribution in [3.05, 3.63) is 113 Å². The van der Waals surface area contributed by atoms with E-state index in [9.17, 15) is 9.59 Å². The average molecular weight is 478 g/mol. The molecule has 0 bridgehead atoms. The molecule has 0 aliphatic carbocycles. The zero-order valence-electron chi connectivity index (χ0n) is 20.8. The van der Waals surface area contributed by atoms with Crippen LogP contribution in [0.25, 0.3) is 10.9 Å². The fraction of sp³-hybridized carbons (Fsp3) is 0.258. The number of Topliss-reactive ketones (excluding diaryl/α,β-unsaturated/α-hetero) is 1. The highest BCUT2D eigenvalue weighted by Crippen LogP contribution is 2.25. The van der Waals surface area contributed by atoms with E-state index in [4.69, 9.17) is 0 Å². The van der Waals surface area contributed by atoms with E-state index < -0.39 is 6.04 Å². The lowest BCUT2D eigenvalue weighted by atomic mass is 9.90. The highest BCUT2D eigenvalue weighted by atomic mass is 16.2. The number of nitrogens with zero attached hydrogens (tertiary/aromatic N) is 2. The molecule has 4 aromatic rings. The van der Waals surface area contributed by atoms with Crippen LogP contribution in [0.1, 0.15) is 50.2 Å². The number of benzene rings is 3. The van der Waals surface area contributed by atoms with Gasteiger partial charge in [-0.15, -0.1) is 0 Å². The molecule has 1 aliphatic rings. The van der Waals surface area contributed by atoms with Crippen LogP contribution in [0.4, 0.5) is 0 Å². The summed E-state index contributed by atoms with van der Waals surface area (Å²) in [7, 11) is 0. The second kappa shape index (κ2) is 10.4. The standard InChI is InChI=1S/C31H31N3O2/c1-21-16-22(2)18-25(17-21)31(36)34-15-13-26(19-29(34)30(35)23-8-4-3-5-9-23)33-20-24-12-14-32-28-11-7-6-10-27(24)28/h3-12,14,16-18,26,29,33H,13,15,19-20H2,1-2H3. The number of hydrogen-bond acceptors (Lipinski definition) is 4. The van der Waals surface area contributed by atoms with E-state index in [2.05, 4.69) is 22.4 Å².